The summed E-state index contributed by atoms with van der Waals surface area (Å²) in [5, 5.41) is 8.14. The monoisotopic (exact) mass is 387 g/mol. The van der Waals surface area contributed by atoms with Gasteiger partial charge in [0.15, 0.2) is 0 Å². The van der Waals surface area contributed by atoms with Gasteiger partial charge in [0.25, 0.3) is 5.91 Å². The average Bonchev–Trinajstić information content (AvgIpc) is 2.89. The molecule has 0 aliphatic carbocycles. The highest BCUT2D eigenvalue weighted by atomic mass is 35.5. The number of halogens is 2. The van der Waals surface area contributed by atoms with Crippen LogP contribution in [0.5, 0.6) is 0 Å². The summed E-state index contributed by atoms with van der Waals surface area (Å²) >= 11 is 12.1. The maximum absolute atomic E-state index is 12.4. The van der Waals surface area contributed by atoms with Gasteiger partial charge in [-0.2, -0.15) is 5.10 Å². The van der Waals surface area contributed by atoms with E-state index in [9.17, 15) is 4.79 Å². The van der Waals surface area contributed by atoms with Gasteiger partial charge in [0.1, 0.15) is 0 Å². The van der Waals surface area contributed by atoms with E-state index < -0.39 is 0 Å². The Bertz CT molecular complexity index is 936. The lowest BCUT2D eigenvalue weighted by molar-refractivity contribution is 0.0951. The molecule has 0 bridgehead atoms. The van der Waals surface area contributed by atoms with Crippen molar-refractivity contribution >= 4 is 29.1 Å². The van der Waals surface area contributed by atoms with E-state index in [1.54, 1.807) is 18.2 Å². The van der Waals surface area contributed by atoms with E-state index in [-0.39, 0.29) is 10.9 Å². The first kappa shape index (κ1) is 18.5. The fraction of sp³-hybridized carbons (Fsp3) is 0.200. The molecule has 0 radical (unpaired) electrons. The minimum atomic E-state index is -0.257. The Morgan fingerprint density at radius 1 is 1.08 bits per heavy atom. The molecule has 0 aliphatic heterocycles. The summed E-state index contributed by atoms with van der Waals surface area (Å²) in [6, 6.07) is 15.2. The van der Waals surface area contributed by atoms with Crippen molar-refractivity contribution < 1.29 is 4.79 Å². The first-order valence-electron chi connectivity index (χ1n) is 8.26. The topological polar surface area (TPSA) is 46.9 Å². The Balaban J connectivity index is 1.74. The van der Waals surface area contributed by atoms with Gasteiger partial charge >= 0.3 is 0 Å². The number of amides is 1. The third-order valence-corrected chi connectivity index (χ3v) is 5.15. The molecule has 0 spiro atoms. The SMILES string of the molecule is Cc1nn(Cc2ccccc2)c(C)c1CNC(=O)c1cccc(Cl)c1Cl. The average molecular weight is 388 g/mol. The number of nitrogens with one attached hydrogen (secondary N) is 1. The molecule has 2 aromatic carbocycles. The molecule has 1 heterocycles. The second kappa shape index (κ2) is 7.94. The molecule has 4 nitrogen and oxygen atoms in total. The predicted molar refractivity (Wildman–Crippen MR) is 105 cm³/mol. The van der Waals surface area contributed by atoms with Crippen molar-refractivity contribution in [2.75, 3.05) is 0 Å². The number of nitrogens with zero attached hydrogens (tertiary/aromatic N) is 2. The summed E-state index contributed by atoms with van der Waals surface area (Å²) in [6.07, 6.45) is 0. The number of aromatic nitrogens is 2. The fourth-order valence-corrected chi connectivity index (χ4v) is 3.23. The zero-order valence-electron chi connectivity index (χ0n) is 14.6. The van der Waals surface area contributed by atoms with Crippen molar-refractivity contribution in [3.05, 3.63) is 86.7 Å². The van der Waals surface area contributed by atoms with Crippen LogP contribution in [-0.4, -0.2) is 15.7 Å². The van der Waals surface area contributed by atoms with Crippen LogP contribution in [0.3, 0.4) is 0 Å². The molecule has 1 amide bonds. The number of hydrogen-bond acceptors (Lipinski definition) is 2. The van der Waals surface area contributed by atoms with Crippen LogP contribution in [0.15, 0.2) is 48.5 Å². The van der Waals surface area contributed by atoms with Gasteiger partial charge in [-0.05, 0) is 31.5 Å². The van der Waals surface area contributed by atoms with Crippen LogP contribution in [-0.2, 0) is 13.1 Å². The summed E-state index contributed by atoms with van der Waals surface area (Å²) < 4.78 is 1.96. The highest BCUT2D eigenvalue weighted by Crippen LogP contribution is 2.25. The summed E-state index contributed by atoms with van der Waals surface area (Å²) in [5.41, 5.74) is 4.48. The minimum absolute atomic E-state index is 0.257. The van der Waals surface area contributed by atoms with E-state index in [0.717, 1.165) is 17.0 Å². The molecule has 26 heavy (non-hydrogen) atoms. The molecule has 0 aliphatic rings. The summed E-state index contributed by atoms with van der Waals surface area (Å²) in [6.45, 7) is 5.04. The van der Waals surface area contributed by atoms with Crippen molar-refractivity contribution in [1.82, 2.24) is 15.1 Å². The van der Waals surface area contributed by atoms with Gasteiger partial charge in [-0.15, -0.1) is 0 Å². The van der Waals surface area contributed by atoms with Crippen LogP contribution in [0, 0.1) is 13.8 Å². The number of aryl methyl sites for hydroxylation is 1. The molecule has 1 N–H and O–H groups in total. The van der Waals surface area contributed by atoms with Crippen LogP contribution in [0.25, 0.3) is 0 Å². The Morgan fingerprint density at radius 3 is 2.54 bits per heavy atom. The highest BCUT2D eigenvalue weighted by Gasteiger charge is 2.16. The van der Waals surface area contributed by atoms with E-state index in [0.29, 0.717) is 23.7 Å². The van der Waals surface area contributed by atoms with Gasteiger partial charge in [-0.3, -0.25) is 9.48 Å². The largest absolute Gasteiger partial charge is 0.348 e. The molecule has 3 rings (SSSR count). The van der Waals surface area contributed by atoms with Gasteiger partial charge in [-0.25, -0.2) is 0 Å². The van der Waals surface area contributed by atoms with Crippen LogP contribution >= 0.6 is 23.2 Å². The van der Waals surface area contributed by atoms with Gasteiger partial charge in [0.2, 0.25) is 0 Å². The first-order valence-corrected chi connectivity index (χ1v) is 9.02. The number of carbonyl (C=O) groups is 1. The Labute approximate surface area is 162 Å². The van der Waals surface area contributed by atoms with E-state index in [1.165, 1.54) is 5.56 Å². The molecule has 0 unspecified atom stereocenters. The van der Waals surface area contributed by atoms with E-state index >= 15 is 0 Å². The van der Waals surface area contributed by atoms with Crippen LogP contribution < -0.4 is 5.32 Å². The lowest BCUT2D eigenvalue weighted by Crippen LogP contribution is -2.23. The van der Waals surface area contributed by atoms with Crippen molar-refractivity contribution in [1.29, 1.82) is 0 Å². The number of benzene rings is 2. The molecule has 3 aromatic rings. The molecular formula is C20H19Cl2N3O. The molecule has 0 atom stereocenters. The second-order valence-corrected chi connectivity index (χ2v) is 6.86. The van der Waals surface area contributed by atoms with Crippen LogP contribution in [0.4, 0.5) is 0 Å². The minimum Gasteiger partial charge on any atom is -0.348 e. The van der Waals surface area contributed by atoms with Crippen molar-refractivity contribution in [3.8, 4) is 0 Å². The van der Waals surface area contributed by atoms with E-state index in [1.807, 2.05) is 36.7 Å². The molecule has 134 valence electrons. The zero-order chi connectivity index (χ0) is 18.7. The summed E-state index contributed by atoms with van der Waals surface area (Å²) in [7, 11) is 0. The van der Waals surface area contributed by atoms with Gasteiger partial charge in [0, 0.05) is 17.8 Å². The molecule has 0 saturated carbocycles. The molecule has 6 heteroatoms. The Kier molecular flexibility index (Phi) is 5.64. The highest BCUT2D eigenvalue weighted by molar-refractivity contribution is 6.43. The molecule has 1 aromatic heterocycles. The molecule has 0 saturated heterocycles. The third-order valence-electron chi connectivity index (χ3n) is 4.33. The standard InChI is InChI=1S/C20H19Cl2N3O/c1-13-17(11-23-20(26)16-9-6-10-18(21)19(16)22)14(2)25(24-13)12-15-7-4-3-5-8-15/h3-10H,11-12H2,1-2H3,(H,23,26). The molecule has 0 fully saturated rings. The Morgan fingerprint density at radius 2 is 1.81 bits per heavy atom. The maximum Gasteiger partial charge on any atom is 0.253 e. The van der Waals surface area contributed by atoms with Gasteiger partial charge in [0.05, 0.1) is 27.8 Å². The van der Waals surface area contributed by atoms with Gasteiger partial charge in [-0.1, -0.05) is 59.6 Å². The smallest absolute Gasteiger partial charge is 0.253 e. The van der Waals surface area contributed by atoms with Crippen molar-refractivity contribution in [2.24, 2.45) is 0 Å². The maximum atomic E-state index is 12.4. The lowest BCUT2D eigenvalue weighted by atomic mass is 10.1. The lowest BCUT2D eigenvalue weighted by Gasteiger charge is -2.09. The van der Waals surface area contributed by atoms with Crippen molar-refractivity contribution in [2.45, 2.75) is 26.9 Å². The van der Waals surface area contributed by atoms with E-state index in [2.05, 4.69) is 22.5 Å². The third kappa shape index (κ3) is 3.92. The summed E-state index contributed by atoms with van der Waals surface area (Å²) in [5.74, 6) is -0.257. The van der Waals surface area contributed by atoms with Gasteiger partial charge < -0.3 is 5.32 Å². The number of hydrogen-bond donors (Lipinski definition) is 1. The molecular weight excluding hydrogens is 369 g/mol. The Hall–Kier alpha value is -2.30. The normalized spacial score (nSPS) is 10.8. The quantitative estimate of drug-likeness (QED) is 0.684. The predicted octanol–water partition coefficient (Wildman–Crippen LogP) is 4.79. The van der Waals surface area contributed by atoms with Crippen LogP contribution in [0.1, 0.15) is 32.9 Å². The van der Waals surface area contributed by atoms with E-state index in [4.69, 9.17) is 23.2 Å². The fourth-order valence-electron chi connectivity index (χ4n) is 2.84. The first-order chi connectivity index (χ1) is 12.5. The summed E-state index contributed by atoms with van der Waals surface area (Å²) in [4.78, 5) is 12.4. The number of rotatable bonds is 5. The zero-order valence-corrected chi connectivity index (χ0v) is 16.1. The number of carbonyl (C=O) groups excluding carboxylic acids is 1. The van der Waals surface area contributed by atoms with Crippen LogP contribution in [0.2, 0.25) is 10.0 Å². The van der Waals surface area contributed by atoms with Crippen molar-refractivity contribution in [3.63, 3.8) is 0 Å². The second-order valence-electron chi connectivity index (χ2n) is 6.08.